The monoisotopic (exact) mass is 166 g/mol. The van der Waals surface area contributed by atoms with E-state index in [2.05, 4.69) is 9.97 Å². The third kappa shape index (κ3) is 1.55. The van der Waals surface area contributed by atoms with Crippen molar-refractivity contribution in [2.75, 3.05) is 0 Å². The van der Waals surface area contributed by atoms with Crippen LogP contribution in [0.2, 0.25) is 0 Å². The number of nitrogens with zero attached hydrogens (tertiary/aromatic N) is 1. The largest absolute Gasteiger partial charge is 0.311 e. The molecule has 0 amide bonds. The molecule has 1 heterocycles. The number of aromatic amines is 1. The van der Waals surface area contributed by atoms with Crippen LogP contribution >= 0.6 is 0 Å². The number of H-pyrrole nitrogens is 1. The van der Waals surface area contributed by atoms with E-state index in [1.165, 1.54) is 0 Å². The van der Waals surface area contributed by atoms with Gasteiger partial charge >= 0.3 is 0 Å². The predicted molar refractivity (Wildman–Crippen MR) is 48.4 cm³/mol. The summed E-state index contributed by atoms with van der Waals surface area (Å²) in [5.74, 6) is 0.703. The van der Waals surface area contributed by atoms with Crippen LogP contribution in [0.1, 0.15) is 30.9 Å². The van der Waals surface area contributed by atoms with Crippen LogP contribution in [0.3, 0.4) is 0 Å². The van der Waals surface area contributed by atoms with Crippen molar-refractivity contribution in [3.8, 4) is 0 Å². The Hall–Kier alpha value is -1.12. The maximum atomic E-state index is 11.4. The summed E-state index contributed by atoms with van der Waals surface area (Å²) in [7, 11) is 0. The molecule has 66 valence electrons. The van der Waals surface area contributed by atoms with Crippen molar-refractivity contribution in [1.29, 1.82) is 0 Å². The maximum absolute atomic E-state index is 11.4. The summed E-state index contributed by atoms with van der Waals surface area (Å²) in [6.45, 7) is 5.79. The van der Waals surface area contributed by atoms with Crippen molar-refractivity contribution < 1.29 is 0 Å². The Bertz CT molecular complexity index is 328. The van der Waals surface area contributed by atoms with E-state index in [0.717, 1.165) is 24.1 Å². The van der Waals surface area contributed by atoms with Gasteiger partial charge in [0.15, 0.2) is 0 Å². The average Bonchev–Trinajstić information content (AvgIpc) is 2.03. The van der Waals surface area contributed by atoms with Gasteiger partial charge in [0.2, 0.25) is 0 Å². The minimum Gasteiger partial charge on any atom is -0.311 e. The van der Waals surface area contributed by atoms with E-state index in [1.807, 2.05) is 13.8 Å². The fraction of sp³-hybridized carbons (Fsp3) is 0.556. The molecule has 0 aliphatic carbocycles. The van der Waals surface area contributed by atoms with E-state index in [0.29, 0.717) is 5.82 Å². The van der Waals surface area contributed by atoms with E-state index in [-0.39, 0.29) is 5.56 Å². The Morgan fingerprint density at radius 3 is 2.50 bits per heavy atom. The first-order chi connectivity index (χ1) is 5.69. The molecule has 0 radical (unpaired) electrons. The first-order valence-corrected chi connectivity index (χ1v) is 4.27. The van der Waals surface area contributed by atoms with E-state index in [4.69, 9.17) is 0 Å². The van der Waals surface area contributed by atoms with Gasteiger partial charge in [-0.3, -0.25) is 4.79 Å². The predicted octanol–water partition coefficient (Wildman–Crippen LogP) is 1.20. The second kappa shape index (κ2) is 3.52. The third-order valence-corrected chi connectivity index (χ3v) is 1.91. The van der Waals surface area contributed by atoms with Crippen LogP contribution in [0.25, 0.3) is 0 Å². The fourth-order valence-corrected chi connectivity index (χ4v) is 1.33. The van der Waals surface area contributed by atoms with Crippen LogP contribution in [-0.2, 0) is 12.8 Å². The molecule has 0 aliphatic heterocycles. The van der Waals surface area contributed by atoms with E-state index >= 15 is 0 Å². The van der Waals surface area contributed by atoms with Gasteiger partial charge in [0.25, 0.3) is 5.56 Å². The van der Waals surface area contributed by atoms with Gasteiger partial charge in [-0.1, -0.05) is 13.8 Å². The molecule has 0 bridgehead atoms. The molecule has 3 nitrogen and oxygen atoms in total. The smallest absolute Gasteiger partial charge is 0.254 e. The van der Waals surface area contributed by atoms with Gasteiger partial charge in [-0.2, -0.15) is 0 Å². The molecule has 0 unspecified atom stereocenters. The Morgan fingerprint density at radius 2 is 2.00 bits per heavy atom. The lowest BCUT2D eigenvalue weighted by Gasteiger charge is -2.03. The molecule has 0 atom stereocenters. The highest BCUT2D eigenvalue weighted by molar-refractivity contribution is 5.17. The highest BCUT2D eigenvalue weighted by atomic mass is 16.1. The number of hydrogen-bond acceptors (Lipinski definition) is 2. The lowest BCUT2D eigenvalue weighted by Crippen LogP contribution is -2.18. The van der Waals surface area contributed by atoms with Crippen molar-refractivity contribution in [2.24, 2.45) is 0 Å². The highest BCUT2D eigenvalue weighted by Gasteiger charge is 2.05. The van der Waals surface area contributed by atoms with Crippen LogP contribution in [0, 0.1) is 6.92 Å². The SMILES string of the molecule is CCc1nc(C)[nH]c(=O)c1CC. The summed E-state index contributed by atoms with van der Waals surface area (Å²) in [5.41, 5.74) is 1.77. The van der Waals surface area contributed by atoms with Gasteiger partial charge in [0.1, 0.15) is 5.82 Å². The third-order valence-electron chi connectivity index (χ3n) is 1.91. The average molecular weight is 166 g/mol. The lowest BCUT2D eigenvalue weighted by molar-refractivity contribution is 0.873. The summed E-state index contributed by atoms with van der Waals surface area (Å²) < 4.78 is 0. The van der Waals surface area contributed by atoms with Gasteiger partial charge in [-0.15, -0.1) is 0 Å². The number of rotatable bonds is 2. The Kier molecular flexibility index (Phi) is 2.63. The second-order valence-electron chi connectivity index (χ2n) is 2.78. The number of hydrogen-bond donors (Lipinski definition) is 1. The Morgan fingerprint density at radius 1 is 1.33 bits per heavy atom. The molecule has 0 saturated heterocycles. The van der Waals surface area contributed by atoms with Crippen molar-refractivity contribution >= 4 is 0 Å². The zero-order valence-electron chi connectivity index (χ0n) is 7.77. The minimum atomic E-state index is 0.0156. The molecule has 1 aromatic rings. The molecule has 1 aromatic heterocycles. The normalized spacial score (nSPS) is 10.2. The van der Waals surface area contributed by atoms with E-state index < -0.39 is 0 Å². The zero-order valence-corrected chi connectivity index (χ0v) is 7.77. The van der Waals surface area contributed by atoms with Gasteiger partial charge in [0.05, 0.1) is 5.69 Å². The minimum absolute atomic E-state index is 0.0156. The molecule has 1 rings (SSSR count). The Labute approximate surface area is 71.9 Å². The number of nitrogens with one attached hydrogen (secondary N) is 1. The van der Waals surface area contributed by atoms with Crippen LogP contribution < -0.4 is 5.56 Å². The van der Waals surface area contributed by atoms with Crippen LogP contribution in [0.5, 0.6) is 0 Å². The molecular weight excluding hydrogens is 152 g/mol. The number of aromatic nitrogens is 2. The first-order valence-electron chi connectivity index (χ1n) is 4.27. The van der Waals surface area contributed by atoms with E-state index in [9.17, 15) is 4.79 Å². The van der Waals surface area contributed by atoms with Gasteiger partial charge < -0.3 is 4.98 Å². The van der Waals surface area contributed by atoms with Crippen molar-refractivity contribution in [1.82, 2.24) is 9.97 Å². The second-order valence-corrected chi connectivity index (χ2v) is 2.78. The van der Waals surface area contributed by atoms with Crippen molar-refractivity contribution in [3.63, 3.8) is 0 Å². The van der Waals surface area contributed by atoms with Gasteiger partial charge in [-0.25, -0.2) is 4.98 Å². The molecule has 0 spiro atoms. The standard InChI is InChI=1S/C9H14N2O/c1-4-7-8(5-2)10-6(3)11-9(7)12/h4-5H2,1-3H3,(H,10,11,12). The fourth-order valence-electron chi connectivity index (χ4n) is 1.33. The van der Waals surface area contributed by atoms with Crippen LogP contribution in [-0.4, -0.2) is 9.97 Å². The quantitative estimate of drug-likeness (QED) is 0.717. The summed E-state index contributed by atoms with van der Waals surface area (Å²) >= 11 is 0. The van der Waals surface area contributed by atoms with Gasteiger partial charge in [-0.05, 0) is 19.8 Å². The molecule has 12 heavy (non-hydrogen) atoms. The zero-order chi connectivity index (χ0) is 9.14. The topological polar surface area (TPSA) is 45.8 Å². The summed E-state index contributed by atoms with van der Waals surface area (Å²) in [4.78, 5) is 18.3. The molecular formula is C9H14N2O. The Balaban J connectivity index is 3.34. The van der Waals surface area contributed by atoms with Crippen molar-refractivity contribution in [2.45, 2.75) is 33.6 Å². The molecule has 1 N–H and O–H groups in total. The van der Waals surface area contributed by atoms with Crippen LogP contribution in [0.4, 0.5) is 0 Å². The molecule has 0 saturated carbocycles. The summed E-state index contributed by atoms with van der Waals surface area (Å²) in [6, 6.07) is 0. The number of aryl methyl sites for hydroxylation is 2. The first kappa shape index (κ1) is 8.97. The molecule has 0 aliphatic rings. The molecule has 3 heteroatoms. The highest BCUT2D eigenvalue weighted by Crippen LogP contribution is 2.01. The molecule has 0 aromatic carbocycles. The lowest BCUT2D eigenvalue weighted by atomic mass is 10.1. The van der Waals surface area contributed by atoms with Crippen molar-refractivity contribution in [3.05, 3.63) is 27.4 Å². The summed E-state index contributed by atoms with van der Waals surface area (Å²) in [6.07, 6.45) is 1.58. The van der Waals surface area contributed by atoms with Crippen LogP contribution in [0.15, 0.2) is 4.79 Å². The van der Waals surface area contributed by atoms with Gasteiger partial charge in [0, 0.05) is 5.56 Å². The summed E-state index contributed by atoms with van der Waals surface area (Å²) in [5, 5.41) is 0. The van der Waals surface area contributed by atoms with E-state index in [1.54, 1.807) is 6.92 Å². The molecule has 0 fully saturated rings. The maximum Gasteiger partial charge on any atom is 0.254 e.